The van der Waals surface area contributed by atoms with Gasteiger partial charge >= 0.3 is 0 Å². The second-order valence-electron chi connectivity index (χ2n) is 6.24. The van der Waals surface area contributed by atoms with Crippen molar-refractivity contribution in [2.45, 2.75) is 32.7 Å². The summed E-state index contributed by atoms with van der Waals surface area (Å²) in [5, 5.41) is 8.76. The first kappa shape index (κ1) is 17.5. The van der Waals surface area contributed by atoms with Crippen molar-refractivity contribution in [3.05, 3.63) is 35.9 Å². The summed E-state index contributed by atoms with van der Waals surface area (Å²) in [5.41, 5.74) is -0.421. The smallest absolute Gasteiger partial charge is 0.268 e. The topological polar surface area (TPSA) is 83.9 Å². The van der Waals surface area contributed by atoms with E-state index in [1.165, 1.54) is 0 Å². The summed E-state index contributed by atoms with van der Waals surface area (Å²) < 4.78 is 31.7. The molecule has 23 heavy (non-hydrogen) atoms. The SMILES string of the molecule is CC(C)(C)N1C(=O)C=C(c2cccc(OCCCO)c2)S1(=O)=O. The van der Waals surface area contributed by atoms with Crippen molar-refractivity contribution in [1.82, 2.24) is 4.31 Å². The Hall–Kier alpha value is -1.86. The molecular weight excluding hydrogens is 318 g/mol. The van der Waals surface area contributed by atoms with E-state index in [4.69, 9.17) is 9.84 Å². The third-order valence-corrected chi connectivity index (χ3v) is 5.39. The molecule has 1 aliphatic rings. The average molecular weight is 339 g/mol. The highest BCUT2D eigenvalue weighted by Gasteiger charge is 2.44. The molecule has 1 aliphatic heterocycles. The zero-order chi connectivity index (χ0) is 17.3. The highest BCUT2D eigenvalue weighted by atomic mass is 32.2. The van der Waals surface area contributed by atoms with Gasteiger partial charge in [0.05, 0.1) is 12.1 Å². The lowest BCUT2D eigenvalue weighted by atomic mass is 10.1. The number of aliphatic hydroxyl groups excluding tert-OH is 1. The first-order chi connectivity index (χ1) is 10.7. The Balaban J connectivity index is 2.34. The van der Waals surface area contributed by atoms with E-state index in [1.54, 1.807) is 45.0 Å². The zero-order valence-electron chi connectivity index (χ0n) is 13.4. The number of amides is 1. The molecule has 2 rings (SSSR count). The minimum Gasteiger partial charge on any atom is -0.493 e. The van der Waals surface area contributed by atoms with Crippen molar-refractivity contribution in [1.29, 1.82) is 0 Å². The molecule has 1 aromatic rings. The van der Waals surface area contributed by atoms with Crippen molar-refractivity contribution in [3.8, 4) is 5.75 Å². The molecule has 1 amide bonds. The molecule has 6 nitrogen and oxygen atoms in total. The number of benzene rings is 1. The van der Waals surface area contributed by atoms with Gasteiger partial charge in [-0.05, 0) is 38.5 Å². The van der Waals surface area contributed by atoms with Gasteiger partial charge in [0.1, 0.15) is 10.7 Å². The number of sulfonamides is 1. The molecule has 0 fully saturated rings. The lowest BCUT2D eigenvalue weighted by Gasteiger charge is -2.30. The van der Waals surface area contributed by atoms with Crippen LogP contribution in [0.3, 0.4) is 0 Å². The van der Waals surface area contributed by atoms with Gasteiger partial charge in [0.15, 0.2) is 0 Å². The molecule has 0 unspecified atom stereocenters. The molecule has 0 radical (unpaired) electrons. The molecule has 0 aliphatic carbocycles. The normalized spacial score (nSPS) is 17.3. The van der Waals surface area contributed by atoms with Gasteiger partial charge in [-0.25, -0.2) is 12.7 Å². The summed E-state index contributed by atoms with van der Waals surface area (Å²) >= 11 is 0. The van der Waals surface area contributed by atoms with Crippen LogP contribution in [-0.4, -0.2) is 42.5 Å². The largest absolute Gasteiger partial charge is 0.493 e. The third-order valence-electron chi connectivity index (χ3n) is 3.27. The van der Waals surface area contributed by atoms with E-state index in [1.807, 2.05) is 0 Å². The van der Waals surface area contributed by atoms with E-state index in [2.05, 4.69) is 0 Å². The zero-order valence-corrected chi connectivity index (χ0v) is 14.3. The fourth-order valence-corrected chi connectivity index (χ4v) is 4.26. The maximum absolute atomic E-state index is 12.7. The van der Waals surface area contributed by atoms with Crippen LogP contribution in [0.15, 0.2) is 30.3 Å². The molecule has 126 valence electrons. The molecule has 0 bridgehead atoms. The first-order valence-electron chi connectivity index (χ1n) is 7.33. The Morgan fingerprint density at radius 3 is 2.52 bits per heavy atom. The van der Waals surface area contributed by atoms with Crippen LogP contribution in [-0.2, 0) is 14.8 Å². The Kier molecular flexibility index (Phi) is 4.81. The minimum absolute atomic E-state index is 0.0221. The Morgan fingerprint density at radius 2 is 1.96 bits per heavy atom. The van der Waals surface area contributed by atoms with Gasteiger partial charge in [-0.2, -0.15) is 0 Å². The fraction of sp³-hybridized carbons (Fsp3) is 0.438. The summed E-state index contributed by atoms with van der Waals surface area (Å²) in [7, 11) is -3.88. The van der Waals surface area contributed by atoms with Crippen molar-refractivity contribution in [2.24, 2.45) is 0 Å². The number of nitrogens with zero attached hydrogens (tertiary/aromatic N) is 1. The average Bonchev–Trinajstić information content (AvgIpc) is 2.68. The quantitative estimate of drug-likeness (QED) is 0.827. The van der Waals surface area contributed by atoms with Crippen LogP contribution < -0.4 is 4.74 Å². The van der Waals surface area contributed by atoms with E-state index in [9.17, 15) is 13.2 Å². The molecular formula is C16H21NO5S. The molecule has 0 saturated heterocycles. The summed E-state index contributed by atoms with van der Waals surface area (Å²) in [6.07, 6.45) is 1.63. The Labute approximate surface area is 136 Å². The van der Waals surface area contributed by atoms with Crippen molar-refractivity contribution >= 4 is 20.8 Å². The van der Waals surface area contributed by atoms with Crippen LogP contribution in [0.4, 0.5) is 0 Å². The van der Waals surface area contributed by atoms with Gasteiger partial charge in [0.25, 0.3) is 15.9 Å². The molecule has 0 aromatic heterocycles. The molecule has 1 aromatic carbocycles. The monoisotopic (exact) mass is 339 g/mol. The molecule has 7 heteroatoms. The summed E-state index contributed by atoms with van der Waals surface area (Å²) in [6.45, 7) is 5.38. The van der Waals surface area contributed by atoms with Crippen LogP contribution in [0.25, 0.3) is 4.91 Å². The predicted molar refractivity (Wildman–Crippen MR) is 87.1 cm³/mol. The van der Waals surface area contributed by atoms with Crippen LogP contribution in [0.1, 0.15) is 32.8 Å². The lowest BCUT2D eigenvalue weighted by molar-refractivity contribution is -0.123. The second-order valence-corrected chi connectivity index (χ2v) is 8.00. The minimum atomic E-state index is -3.88. The van der Waals surface area contributed by atoms with Crippen molar-refractivity contribution < 1.29 is 23.1 Å². The number of ether oxygens (including phenoxy) is 1. The summed E-state index contributed by atoms with van der Waals surface area (Å²) in [4.78, 5) is 12.1. The van der Waals surface area contributed by atoms with Gasteiger partial charge < -0.3 is 9.84 Å². The number of carbonyl (C=O) groups is 1. The number of carbonyl (C=O) groups excluding carboxylic acids is 1. The highest BCUT2D eigenvalue weighted by molar-refractivity contribution is 7.99. The van der Waals surface area contributed by atoms with E-state index >= 15 is 0 Å². The molecule has 0 atom stereocenters. The first-order valence-corrected chi connectivity index (χ1v) is 8.77. The Morgan fingerprint density at radius 1 is 1.26 bits per heavy atom. The number of aliphatic hydroxyl groups is 1. The number of hydrogen-bond donors (Lipinski definition) is 1. The van der Waals surface area contributed by atoms with Gasteiger partial charge in [-0.1, -0.05) is 12.1 Å². The Bertz CT molecular complexity index is 731. The lowest BCUT2D eigenvalue weighted by Crippen LogP contribution is -2.45. The summed E-state index contributed by atoms with van der Waals surface area (Å²) in [5.74, 6) is -0.0483. The highest BCUT2D eigenvalue weighted by Crippen LogP contribution is 2.36. The van der Waals surface area contributed by atoms with Gasteiger partial charge in [-0.15, -0.1) is 0 Å². The third kappa shape index (κ3) is 3.56. The standard InChI is InChI=1S/C16H21NO5S/c1-16(2,3)17-15(19)11-14(23(17,20)21)12-6-4-7-13(10-12)22-9-5-8-18/h4,6-7,10-11,18H,5,8-9H2,1-3H3. The van der Waals surface area contributed by atoms with Crippen LogP contribution in [0.2, 0.25) is 0 Å². The number of hydrogen-bond acceptors (Lipinski definition) is 5. The van der Waals surface area contributed by atoms with Gasteiger partial charge in [0.2, 0.25) is 0 Å². The van der Waals surface area contributed by atoms with Crippen LogP contribution >= 0.6 is 0 Å². The van der Waals surface area contributed by atoms with E-state index in [-0.39, 0.29) is 11.5 Å². The van der Waals surface area contributed by atoms with Crippen LogP contribution in [0, 0.1) is 0 Å². The van der Waals surface area contributed by atoms with Gasteiger partial charge in [-0.3, -0.25) is 4.79 Å². The maximum atomic E-state index is 12.7. The second kappa shape index (κ2) is 6.33. The summed E-state index contributed by atoms with van der Waals surface area (Å²) in [6, 6.07) is 6.58. The van der Waals surface area contributed by atoms with E-state index in [0.29, 0.717) is 24.3 Å². The maximum Gasteiger partial charge on any atom is 0.268 e. The molecule has 0 spiro atoms. The van der Waals surface area contributed by atoms with Crippen molar-refractivity contribution in [3.63, 3.8) is 0 Å². The van der Waals surface area contributed by atoms with E-state index < -0.39 is 21.5 Å². The molecule has 1 heterocycles. The fourth-order valence-electron chi connectivity index (χ4n) is 2.38. The van der Waals surface area contributed by atoms with E-state index in [0.717, 1.165) is 10.4 Å². The predicted octanol–water partition coefficient (Wildman–Crippen LogP) is 1.76. The van der Waals surface area contributed by atoms with Crippen LogP contribution in [0.5, 0.6) is 5.75 Å². The molecule has 0 saturated carbocycles. The van der Waals surface area contributed by atoms with Crippen molar-refractivity contribution in [2.75, 3.05) is 13.2 Å². The molecule has 1 N–H and O–H groups in total. The van der Waals surface area contributed by atoms with Gasteiger partial charge in [0, 0.05) is 19.1 Å². The number of rotatable bonds is 5.